The Kier molecular flexibility index (Phi) is 6.09. The van der Waals surface area contributed by atoms with Crippen molar-refractivity contribution in [2.45, 2.75) is 38.5 Å². The standard InChI is InChI=1S/C22H25N3O5S2/c1-4-30-22(27)18-13(2)14(3)31-21(18)23-20(26)15-8-7-11-25(12-15)19-16-9-5-6-10-17(16)32(28,29)24-19/h5-6,9-10,15H,4,7-8,11-12H2,1-3H3,(H,23,26)/t15-/m0/s1. The van der Waals surface area contributed by atoms with E-state index in [2.05, 4.69) is 9.71 Å². The highest BCUT2D eigenvalue weighted by Crippen LogP contribution is 2.34. The fraction of sp³-hybridized carbons (Fsp3) is 0.409. The normalized spacial score (nSPS) is 19.3. The molecule has 0 bridgehead atoms. The average Bonchev–Trinajstić information content (AvgIpc) is 3.21. The monoisotopic (exact) mass is 475 g/mol. The minimum Gasteiger partial charge on any atom is -0.462 e. The number of nitrogens with one attached hydrogen (secondary N) is 1. The van der Waals surface area contributed by atoms with Crippen molar-refractivity contribution < 1.29 is 22.7 Å². The maximum Gasteiger partial charge on any atom is 0.341 e. The molecule has 170 valence electrons. The Hall–Kier alpha value is -2.72. The molecule has 0 saturated carbocycles. The molecule has 0 radical (unpaired) electrons. The third-order valence-electron chi connectivity index (χ3n) is 5.81. The predicted octanol–water partition coefficient (Wildman–Crippen LogP) is 3.34. The summed E-state index contributed by atoms with van der Waals surface area (Å²) >= 11 is 1.35. The van der Waals surface area contributed by atoms with Gasteiger partial charge in [-0.2, -0.15) is 8.42 Å². The highest BCUT2D eigenvalue weighted by atomic mass is 32.2. The van der Waals surface area contributed by atoms with Gasteiger partial charge in [0.1, 0.15) is 9.90 Å². The minimum absolute atomic E-state index is 0.198. The summed E-state index contributed by atoms with van der Waals surface area (Å²) in [6.07, 6.45) is 1.40. The first-order valence-corrected chi connectivity index (χ1v) is 12.8. The summed E-state index contributed by atoms with van der Waals surface area (Å²) in [7, 11) is -3.72. The second-order valence-corrected chi connectivity index (χ2v) is 10.7. The van der Waals surface area contributed by atoms with E-state index in [9.17, 15) is 18.0 Å². The van der Waals surface area contributed by atoms with Crippen molar-refractivity contribution in [1.82, 2.24) is 4.90 Å². The molecule has 4 rings (SSSR count). The van der Waals surface area contributed by atoms with Gasteiger partial charge in [0, 0.05) is 23.5 Å². The van der Waals surface area contributed by atoms with Crippen LogP contribution >= 0.6 is 11.3 Å². The Morgan fingerprint density at radius 2 is 2.03 bits per heavy atom. The van der Waals surface area contributed by atoms with Gasteiger partial charge in [0.25, 0.3) is 10.0 Å². The predicted molar refractivity (Wildman–Crippen MR) is 123 cm³/mol. The minimum atomic E-state index is -3.72. The first kappa shape index (κ1) is 22.5. The lowest BCUT2D eigenvalue weighted by molar-refractivity contribution is -0.121. The Morgan fingerprint density at radius 1 is 1.28 bits per heavy atom. The molecule has 1 aromatic heterocycles. The van der Waals surface area contributed by atoms with Crippen LogP contribution < -0.4 is 5.32 Å². The number of amidine groups is 1. The van der Waals surface area contributed by atoms with Crippen molar-refractivity contribution in [1.29, 1.82) is 0 Å². The van der Waals surface area contributed by atoms with Crippen LogP contribution in [-0.2, 0) is 19.6 Å². The summed E-state index contributed by atoms with van der Waals surface area (Å²) in [6.45, 7) is 6.71. The van der Waals surface area contributed by atoms with E-state index in [-0.39, 0.29) is 23.3 Å². The number of anilines is 1. The van der Waals surface area contributed by atoms with E-state index in [4.69, 9.17) is 4.74 Å². The zero-order valence-electron chi connectivity index (χ0n) is 18.2. The molecule has 2 aliphatic heterocycles. The van der Waals surface area contributed by atoms with Crippen molar-refractivity contribution >= 4 is 44.1 Å². The largest absolute Gasteiger partial charge is 0.462 e. The molecular formula is C22H25N3O5S2. The number of sulfonamides is 1. The maximum absolute atomic E-state index is 13.1. The lowest BCUT2D eigenvalue weighted by atomic mass is 9.96. The highest BCUT2D eigenvalue weighted by molar-refractivity contribution is 7.90. The zero-order chi connectivity index (χ0) is 23.0. The Bertz CT molecular complexity index is 1220. The number of thiophene rings is 1. The molecule has 32 heavy (non-hydrogen) atoms. The summed E-state index contributed by atoms with van der Waals surface area (Å²) < 4.78 is 34.0. The first-order chi connectivity index (χ1) is 15.2. The third kappa shape index (κ3) is 4.04. The lowest BCUT2D eigenvalue weighted by Crippen LogP contribution is -2.43. The molecule has 1 atom stereocenters. The van der Waals surface area contributed by atoms with E-state index >= 15 is 0 Å². The van der Waals surface area contributed by atoms with Gasteiger partial charge >= 0.3 is 5.97 Å². The van der Waals surface area contributed by atoms with E-state index in [0.717, 1.165) is 16.9 Å². The number of hydrogen-bond donors (Lipinski definition) is 1. The number of carbonyl (C=O) groups excluding carboxylic acids is 2. The molecule has 10 heteroatoms. The van der Waals surface area contributed by atoms with Crippen LogP contribution in [-0.4, -0.2) is 50.7 Å². The number of aryl methyl sites for hydroxylation is 1. The smallest absolute Gasteiger partial charge is 0.341 e. The van der Waals surface area contributed by atoms with E-state index in [1.807, 2.05) is 18.7 Å². The molecule has 0 aliphatic carbocycles. The number of piperidine rings is 1. The van der Waals surface area contributed by atoms with Gasteiger partial charge in [-0.05, 0) is 51.3 Å². The van der Waals surface area contributed by atoms with Crippen LogP contribution in [0.4, 0.5) is 5.00 Å². The van der Waals surface area contributed by atoms with Crippen LogP contribution in [0.3, 0.4) is 0 Å². The first-order valence-electron chi connectivity index (χ1n) is 10.5. The van der Waals surface area contributed by atoms with Crippen LogP contribution in [0.15, 0.2) is 33.6 Å². The van der Waals surface area contributed by atoms with Gasteiger partial charge in [0.15, 0.2) is 5.84 Å². The van der Waals surface area contributed by atoms with Crippen molar-refractivity contribution in [2.75, 3.05) is 25.0 Å². The summed E-state index contributed by atoms with van der Waals surface area (Å²) in [6, 6.07) is 6.74. The molecule has 8 nitrogen and oxygen atoms in total. The van der Waals surface area contributed by atoms with Crippen molar-refractivity contribution in [2.24, 2.45) is 10.3 Å². The SMILES string of the molecule is CCOC(=O)c1c(NC(=O)[C@H]2CCCN(C3=NS(=O)(=O)c4ccccc43)C2)sc(C)c1C. The molecule has 1 aromatic carbocycles. The van der Waals surface area contributed by atoms with Crippen LogP contribution in [0.2, 0.25) is 0 Å². The second kappa shape index (κ2) is 8.67. The van der Waals surface area contributed by atoms with Gasteiger partial charge in [0.2, 0.25) is 5.91 Å². The number of carbonyl (C=O) groups is 2. The molecule has 1 amide bonds. The number of hydrogen-bond acceptors (Lipinski definition) is 7. The molecule has 0 unspecified atom stereocenters. The Morgan fingerprint density at radius 3 is 2.78 bits per heavy atom. The molecule has 2 aliphatic rings. The van der Waals surface area contributed by atoms with Crippen molar-refractivity contribution in [3.8, 4) is 0 Å². The average molecular weight is 476 g/mol. The van der Waals surface area contributed by atoms with Gasteiger partial charge in [-0.1, -0.05) is 12.1 Å². The summed E-state index contributed by atoms with van der Waals surface area (Å²) in [5.74, 6) is -0.610. The van der Waals surface area contributed by atoms with Crippen LogP contribution in [0, 0.1) is 19.8 Å². The molecule has 1 fully saturated rings. The fourth-order valence-electron chi connectivity index (χ4n) is 4.08. The third-order valence-corrected chi connectivity index (χ3v) is 8.25. The van der Waals surface area contributed by atoms with Crippen LogP contribution in [0.1, 0.15) is 46.1 Å². The van der Waals surface area contributed by atoms with Crippen molar-refractivity contribution in [3.05, 3.63) is 45.8 Å². The van der Waals surface area contributed by atoms with E-state index in [0.29, 0.717) is 41.5 Å². The highest BCUT2D eigenvalue weighted by Gasteiger charge is 2.35. The number of esters is 1. The van der Waals surface area contributed by atoms with Crippen LogP contribution in [0.5, 0.6) is 0 Å². The maximum atomic E-state index is 13.1. The van der Waals surface area contributed by atoms with Gasteiger partial charge in [-0.15, -0.1) is 15.7 Å². The van der Waals surface area contributed by atoms with E-state index in [1.54, 1.807) is 31.2 Å². The number of likely N-dealkylation sites (tertiary alicyclic amines) is 1. The number of rotatable bonds is 4. The molecule has 1 N–H and O–H groups in total. The molecule has 3 heterocycles. The van der Waals surface area contributed by atoms with Gasteiger partial charge in [0.05, 0.1) is 18.1 Å². The Labute approximate surface area is 191 Å². The zero-order valence-corrected chi connectivity index (χ0v) is 19.8. The molecule has 2 aromatic rings. The number of ether oxygens (including phenoxy) is 1. The number of nitrogens with zero attached hydrogens (tertiary/aromatic N) is 2. The summed E-state index contributed by atoms with van der Waals surface area (Å²) in [4.78, 5) is 28.5. The Balaban J connectivity index is 1.54. The quantitative estimate of drug-likeness (QED) is 0.680. The number of benzene rings is 1. The van der Waals surface area contributed by atoms with E-state index < -0.39 is 16.0 Å². The summed E-state index contributed by atoms with van der Waals surface area (Å²) in [5, 5.41) is 3.41. The van der Waals surface area contributed by atoms with Crippen LogP contribution in [0.25, 0.3) is 0 Å². The van der Waals surface area contributed by atoms with Gasteiger partial charge in [-0.25, -0.2) is 4.79 Å². The topological polar surface area (TPSA) is 105 Å². The molecule has 1 saturated heterocycles. The second-order valence-electron chi connectivity index (χ2n) is 7.87. The molecular weight excluding hydrogens is 450 g/mol. The van der Waals surface area contributed by atoms with Crippen molar-refractivity contribution in [3.63, 3.8) is 0 Å². The fourth-order valence-corrected chi connectivity index (χ4v) is 6.36. The summed E-state index contributed by atoms with van der Waals surface area (Å²) in [5.41, 5.74) is 1.77. The van der Waals surface area contributed by atoms with E-state index in [1.165, 1.54) is 11.3 Å². The molecule has 0 spiro atoms. The van der Waals surface area contributed by atoms with Gasteiger partial charge < -0.3 is 15.0 Å². The number of amides is 1. The lowest BCUT2D eigenvalue weighted by Gasteiger charge is -2.33. The van der Waals surface area contributed by atoms with Gasteiger partial charge in [-0.3, -0.25) is 4.79 Å². The number of fused-ring (bicyclic) bond motifs is 1.